The van der Waals surface area contributed by atoms with E-state index < -0.39 is 17.5 Å². The van der Waals surface area contributed by atoms with E-state index in [9.17, 15) is 9.50 Å². The zero-order chi connectivity index (χ0) is 33.1. The quantitative estimate of drug-likeness (QED) is 0.147. The highest BCUT2D eigenvalue weighted by atomic mass is 19.1. The Morgan fingerprint density at radius 1 is 1.06 bits per heavy atom. The molecular weight excluding hydrogens is 618 g/mol. The molecule has 0 radical (unpaired) electrons. The van der Waals surface area contributed by atoms with Gasteiger partial charge in [0, 0.05) is 42.8 Å². The minimum atomic E-state index is -0.923. The van der Waals surface area contributed by atoms with Gasteiger partial charge in [-0.15, -0.1) is 0 Å². The molecule has 9 nitrogen and oxygen atoms in total. The van der Waals surface area contributed by atoms with Crippen LogP contribution in [-0.2, 0) is 11.3 Å². The minimum Gasteiger partial charge on any atom is -0.472 e. The molecule has 5 aromatic rings. The number of methoxy groups -OCH3 is 1. The Kier molecular flexibility index (Phi) is 9.04. The van der Waals surface area contributed by atoms with Crippen molar-refractivity contribution in [2.45, 2.75) is 37.6 Å². The van der Waals surface area contributed by atoms with Crippen LogP contribution in [0.15, 0.2) is 66.9 Å². The number of rotatable bonds is 10. The van der Waals surface area contributed by atoms with E-state index >= 15 is 4.39 Å². The summed E-state index contributed by atoms with van der Waals surface area (Å²) in [6.45, 7) is 1.19. The molecule has 0 saturated carbocycles. The number of halogens is 2. The second-order valence-electron chi connectivity index (χ2n) is 12.0. The monoisotopic (exact) mass is 652 g/mol. The molecule has 0 unspecified atom stereocenters. The van der Waals surface area contributed by atoms with E-state index in [1.807, 2.05) is 42.5 Å². The molecule has 3 aromatic carbocycles. The lowest BCUT2D eigenvalue weighted by atomic mass is 9.95. The van der Waals surface area contributed by atoms with Crippen LogP contribution in [-0.4, -0.2) is 76.9 Å². The molecule has 2 aliphatic rings. The molecular formula is C37H34F2N4O5. The molecule has 48 heavy (non-hydrogen) atoms. The van der Waals surface area contributed by atoms with Crippen LogP contribution in [0.25, 0.3) is 32.9 Å². The Hall–Kier alpha value is -4.89. The van der Waals surface area contributed by atoms with Gasteiger partial charge in [0.1, 0.15) is 43.0 Å². The van der Waals surface area contributed by atoms with Crippen molar-refractivity contribution in [3.63, 3.8) is 0 Å². The third-order valence-electron chi connectivity index (χ3n) is 8.93. The van der Waals surface area contributed by atoms with Crippen LogP contribution in [0.5, 0.6) is 17.6 Å². The van der Waals surface area contributed by atoms with Crippen molar-refractivity contribution in [1.82, 2.24) is 19.9 Å². The van der Waals surface area contributed by atoms with Crippen molar-refractivity contribution in [1.29, 1.82) is 0 Å². The second kappa shape index (κ2) is 13.7. The van der Waals surface area contributed by atoms with E-state index in [1.54, 1.807) is 18.2 Å². The first-order chi connectivity index (χ1) is 23.5. The molecule has 4 heterocycles. The fraction of sp³-hybridized carbons (Fsp3) is 0.324. The van der Waals surface area contributed by atoms with E-state index in [1.165, 1.54) is 13.3 Å². The molecule has 0 amide bonds. The summed E-state index contributed by atoms with van der Waals surface area (Å²) in [5.74, 6) is 5.49. The van der Waals surface area contributed by atoms with Crippen LogP contribution >= 0.6 is 0 Å². The van der Waals surface area contributed by atoms with Crippen molar-refractivity contribution in [3.8, 4) is 40.7 Å². The average Bonchev–Trinajstić information content (AvgIpc) is 3.64. The van der Waals surface area contributed by atoms with Crippen LogP contribution in [0.3, 0.4) is 0 Å². The van der Waals surface area contributed by atoms with Crippen molar-refractivity contribution in [2.24, 2.45) is 0 Å². The van der Waals surface area contributed by atoms with E-state index in [2.05, 4.69) is 31.7 Å². The number of hydrogen-bond donors (Lipinski definition) is 1. The maximum atomic E-state index is 16.9. The number of benzene rings is 3. The van der Waals surface area contributed by atoms with Gasteiger partial charge in [-0.2, -0.15) is 9.97 Å². The second-order valence-corrected chi connectivity index (χ2v) is 12.0. The van der Waals surface area contributed by atoms with Crippen LogP contribution in [0.4, 0.5) is 8.78 Å². The number of nitrogens with zero attached hydrogens (tertiary/aromatic N) is 4. The molecule has 0 spiro atoms. The van der Waals surface area contributed by atoms with E-state index in [4.69, 9.17) is 18.9 Å². The maximum Gasteiger partial charge on any atom is 0.320 e. The number of alkyl halides is 1. The standard InChI is InChI=1S/C37H34F2N4O5/c1-45-23-48-28-16-26-11-5-10-25(12-6-15-44)31(26)29(17-28)33-32(39)34-30(19-40-33)35(46-21-24-8-3-2-4-9-24)42-36(41-34)47-22-37-13-7-14-43(37)20-27(38)18-37/h2-5,8-11,16-17,19,27,44H,7,13-15,18,20-23H2,1H3/t27-,37+/m1/s1. The average molecular weight is 653 g/mol. The molecule has 2 fully saturated rings. The van der Waals surface area contributed by atoms with Crippen LogP contribution in [0.2, 0.25) is 0 Å². The molecule has 2 atom stereocenters. The zero-order valence-electron chi connectivity index (χ0n) is 26.4. The molecule has 2 aliphatic heterocycles. The van der Waals surface area contributed by atoms with E-state index in [0.717, 1.165) is 30.3 Å². The first kappa shape index (κ1) is 31.7. The molecule has 0 aliphatic carbocycles. The summed E-state index contributed by atoms with van der Waals surface area (Å²) in [5, 5.41) is 11.0. The predicted molar refractivity (Wildman–Crippen MR) is 176 cm³/mol. The van der Waals surface area contributed by atoms with Gasteiger partial charge < -0.3 is 24.1 Å². The third-order valence-corrected chi connectivity index (χ3v) is 8.93. The molecule has 7 rings (SSSR count). The number of fused-ring (bicyclic) bond motifs is 3. The minimum absolute atomic E-state index is 0.00361. The first-order valence-electron chi connectivity index (χ1n) is 15.8. The number of aliphatic hydroxyl groups excluding tert-OH is 1. The van der Waals surface area contributed by atoms with Crippen molar-refractivity contribution in [3.05, 3.63) is 83.8 Å². The number of aromatic nitrogens is 3. The number of pyridine rings is 1. The Bertz CT molecular complexity index is 2020. The Labute approximate surface area is 276 Å². The van der Waals surface area contributed by atoms with Gasteiger partial charge in [-0.05, 0) is 48.5 Å². The Balaban J connectivity index is 1.35. The largest absolute Gasteiger partial charge is 0.472 e. The fourth-order valence-electron chi connectivity index (χ4n) is 6.78. The highest BCUT2D eigenvalue weighted by molar-refractivity contribution is 6.02. The van der Waals surface area contributed by atoms with Crippen LogP contribution in [0.1, 0.15) is 30.4 Å². The normalized spacial score (nSPS) is 18.9. The SMILES string of the molecule is COCOc1cc(-c2ncc3c(OCc4ccccc4)nc(OC[C@@]45CCCN4C[C@H](F)C5)nc3c2F)c2c(C#CCO)cccc2c1. The lowest BCUT2D eigenvalue weighted by molar-refractivity contribution is 0.0512. The summed E-state index contributed by atoms with van der Waals surface area (Å²) in [4.78, 5) is 15.8. The maximum absolute atomic E-state index is 16.9. The molecule has 1 N–H and O–H groups in total. The van der Waals surface area contributed by atoms with Crippen molar-refractivity contribution >= 4 is 21.7 Å². The zero-order valence-corrected chi connectivity index (χ0v) is 26.4. The van der Waals surface area contributed by atoms with Gasteiger partial charge >= 0.3 is 6.01 Å². The lowest BCUT2D eigenvalue weighted by Gasteiger charge is -2.30. The highest BCUT2D eigenvalue weighted by Gasteiger charge is 2.49. The van der Waals surface area contributed by atoms with Gasteiger partial charge in [0.15, 0.2) is 12.6 Å². The topological polar surface area (TPSA) is 99.1 Å². The predicted octanol–water partition coefficient (Wildman–Crippen LogP) is 5.84. The van der Waals surface area contributed by atoms with E-state index in [-0.39, 0.29) is 55.1 Å². The molecule has 0 bridgehead atoms. The van der Waals surface area contributed by atoms with Crippen LogP contribution in [0, 0.1) is 17.7 Å². The summed E-state index contributed by atoms with van der Waals surface area (Å²) in [5.41, 5.74) is 1.40. The van der Waals surface area contributed by atoms with Gasteiger partial charge in [0.2, 0.25) is 5.88 Å². The highest BCUT2D eigenvalue weighted by Crippen LogP contribution is 2.41. The van der Waals surface area contributed by atoms with Gasteiger partial charge in [-0.25, -0.2) is 8.78 Å². The first-order valence-corrected chi connectivity index (χ1v) is 15.8. The number of aliphatic hydroxyl groups is 1. The van der Waals surface area contributed by atoms with E-state index in [0.29, 0.717) is 35.2 Å². The molecule has 246 valence electrons. The fourth-order valence-corrected chi connectivity index (χ4v) is 6.78. The Morgan fingerprint density at radius 2 is 1.94 bits per heavy atom. The summed E-state index contributed by atoms with van der Waals surface area (Å²) in [6.07, 6.45) is 2.69. The van der Waals surface area contributed by atoms with Crippen molar-refractivity contribution < 1.29 is 32.8 Å². The third kappa shape index (κ3) is 6.22. The van der Waals surface area contributed by atoms with Gasteiger partial charge in [0.05, 0.1) is 10.9 Å². The summed E-state index contributed by atoms with van der Waals surface area (Å²) >= 11 is 0. The van der Waals surface area contributed by atoms with Gasteiger partial charge in [-0.1, -0.05) is 54.3 Å². The van der Waals surface area contributed by atoms with Crippen molar-refractivity contribution in [2.75, 3.05) is 40.2 Å². The summed E-state index contributed by atoms with van der Waals surface area (Å²) in [7, 11) is 1.51. The molecule has 2 aromatic heterocycles. The smallest absolute Gasteiger partial charge is 0.320 e. The molecule has 2 saturated heterocycles. The lowest BCUT2D eigenvalue weighted by Crippen LogP contribution is -2.43. The summed E-state index contributed by atoms with van der Waals surface area (Å²) in [6, 6.07) is 18.4. The number of ether oxygens (including phenoxy) is 4. The molecule has 11 heteroatoms. The number of hydrogen-bond acceptors (Lipinski definition) is 9. The van der Waals surface area contributed by atoms with Crippen LogP contribution < -0.4 is 14.2 Å². The van der Waals surface area contributed by atoms with Gasteiger partial charge in [0.25, 0.3) is 0 Å². The van der Waals surface area contributed by atoms with Gasteiger partial charge in [-0.3, -0.25) is 9.88 Å². The Morgan fingerprint density at radius 3 is 2.77 bits per heavy atom. The summed E-state index contributed by atoms with van der Waals surface area (Å²) < 4.78 is 54.6.